The Balaban J connectivity index is 1.69. The number of carbonyl (C=O) groups excluding carboxylic acids is 1. The zero-order valence-electron chi connectivity index (χ0n) is 14.4. The lowest BCUT2D eigenvalue weighted by Crippen LogP contribution is -2.15. The number of rotatable bonds is 8. The summed E-state index contributed by atoms with van der Waals surface area (Å²) in [5, 5.41) is 16.4. The minimum Gasteiger partial charge on any atom is -0.301 e. The van der Waals surface area contributed by atoms with Gasteiger partial charge >= 0.3 is 0 Å². The van der Waals surface area contributed by atoms with Gasteiger partial charge in [-0.15, -0.1) is 10.2 Å². The molecule has 11 heteroatoms. The second-order valence-corrected chi connectivity index (χ2v) is 8.68. The third-order valence-corrected chi connectivity index (χ3v) is 6.38. The van der Waals surface area contributed by atoms with Crippen LogP contribution >= 0.6 is 34.4 Å². The van der Waals surface area contributed by atoms with Crippen LogP contribution in [0.25, 0.3) is 4.96 Å². The molecule has 0 aliphatic rings. The summed E-state index contributed by atoms with van der Waals surface area (Å²) in [6.45, 7) is 3.90. The number of unbranched alkanes of at least 4 members (excludes halogenated alkanes) is 1. The maximum absolute atomic E-state index is 12.2. The Bertz CT molecular complexity index is 964. The van der Waals surface area contributed by atoms with Gasteiger partial charge in [0, 0.05) is 24.7 Å². The Morgan fingerprint density at radius 3 is 2.92 bits per heavy atom. The summed E-state index contributed by atoms with van der Waals surface area (Å²) in [7, 11) is 0. The van der Waals surface area contributed by atoms with E-state index in [1.165, 1.54) is 45.0 Å². The lowest BCUT2D eigenvalue weighted by atomic mass is 10.3. The maximum atomic E-state index is 12.2. The molecule has 1 N–H and O–H groups in total. The highest BCUT2D eigenvalue weighted by Gasteiger charge is 2.11. The monoisotopic (exact) mass is 410 g/mol. The van der Waals surface area contributed by atoms with Crippen LogP contribution in [0.4, 0.5) is 5.13 Å². The lowest BCUT2D eigenvalue weighted by Gasteiger charge is -1.98. The maximum Gasteiger partial charge on any atom is 0.275 e. The van der Waals surface area contributed by atoms with Gasteiger partial charge in [-0.05, 0) is 6.42 Å². The highest BCUT2D eigenvalue weighted by atomic mass is 32.2. The van der Waals surface area contributed by atoms with Crippen molar-refractivity contribution in [1.82, 2.24) is 24.8 Å². The normalized spacial score (nSPS) is 11.2. The first kappa shape index (κ1) is 18.9. The van der Waals surface area contributed by atoms with Crippen LogP contribution in [0.2, 0.25) is 0 Å². The van der Waals surface area contributed by atoms with Gasteiger partial charge in [0.25, 0.3) is 5.56 Å². The quantitative estimate of drug-likeness (QED) is 0.450. The summed E-state index contributed by atoms with van der Waals surface area (Å²) >= 11 is 4.20. The first-order valence-electron chi connectivity index (χ1n) is 8.24. The Kier molecular flexibility index (Phi) is 6.33. The molecule has 3 rings (SSSR count). The van der Waals surface area contributed by atoms with Crippen molar-refractivity contribution in [2.75, 3.05) is 5.32 Å². The van der Waals surface area contributed by atoms with E-state index in [0.717, 1.165) is 24.3 Å². The summed E-state index contributed by atoms with van der Waals surface area (Å²) in [6, 6.07) is 1.50. The minimum absolute atomic E-state index is 0.0955. The van der Waals surface area contributed by atoms with E-state index >= 15 is 0 Å². The Hall–Kier alpha value is -1.85. The van der Waals surface area contributed by atoms with E-state index in [1.807, 2.05) is 0 Å². The molecule has 8 nitrogen and oxygen atoms in total. The predicted octanol–water partition coefficient (Wildman–Crippen LogP) is 2.99. The number of amides is 1. The van der Waals surface area contributed by atoms with Gasteiger partial charge in [0.1, 0.15) is 5.01 Å². The van der Waals surface area contributed by atoms with Crippen LogP contribution in [-0.2, 0) is 17.0 Å². The van der Waals surface area contributed by atoms with E-state index in [4.69, 9.17) is 0 Å². The second-order valence-electron chi connectivity index (χ2n) is 5.44. The molecule has 0 radical (unpaired) electrons. The lowest BCUT2D eigenvalue weighted by molar-refractivity contribution is -0.115. The fourth-order valence-corrected chi connectivity index (χ4v) is 4.68. The molecule has 0 spiro atoms. The van der Waals surface area contributed by atoms with Crippen molar-refractivity contribution in [2.45, 2.75) is 49.6 Å². The number of aromatic nitrogens is 5. The van der Waals surface area contributed by atoms with Crippen LogP contribution in [0.5, 0.6) is 0 Å². The first-order valence-corrected chi connectivity index (χ1v) is 10.9. The van der Waals surface area contributed by atoms with E-state index < -0.39 is 0 Å². The van der Waals surface area contributed by atoms with Crippen LogP contribution < -0.4 is 10.9 Å². The number of carbonyl (C=O) groups is 1. The molecule has 138 valence electrons. The van der Waals surface area contributed by atoms with Crippen molar-refractivity contribution >= 4 is 50.4 Å². The molecular weight excluding hydrogens is 392 g/mol. The predicted molar refractivity (Wildman–Crippen MR) is 104 cm³/mol. The van der Waals surface area contributed by atoms with Crippen molar-refractivity contribution in [3.8, 4) is 0 Å². The molecule has 26 heavy (non-hydrogen) atoms. The van der Waals surface area contributed by atoms with E-state index in [0.29, 0.717) is 32.3 Å². The van der Waals surface area contributed by atoms with Gasteiger partial charge in [0.15, 0.2) is 4.34 Å². The van der Waals surface area contributed by atoms with E-state index in [9.17, 15) is 9.59 Å². The summed E-state index contributed by atoms with van der Waals surface area (Å²) in [4.78, 5) is 28.8. The molecule has 0 aliphatic heterocycles. The molecule has 0 unspecified atom stereocenters. The number of nitrogens with one attached hydrogen (secondary N) is 1. The molecule has 3 aromatic heterocycles. The van der Waals surface area contributed by atoms with E-state index in [-0.39, 0.29) is 11.5 Å². The summed E-state index contributed by atoms with van der Waals surface area (Å²) < 4.78 is 2.08. The first-order chi connectivity index (χ1) is 12.6. The number of anilines is 1. The van der Waals surface area contributed by atoms with Crippen molar-refractivity contribution < 1.29 is 4.79 Å². The standard InChI is InChI=1S/C15H18N6O2S3/c1-3-5-6-11-20-21-12(23)7-9(16-14(21)25-11)8-24-15-19-18-13(26-15)17-10(22)4-2/h7H,3-6,8H2,1-2H3,(H,17,18,22). The third-order valence-electron chi connectivity index (χ3n) is 3.40. The molecule has 0 saturated heterocycles. The second kappa shape index (κ2) is 8.69. The highest BCUT2D eigenvalue weighted by molar-refractivity contribution is 8.00. The fourth-order valence-electron chi connectivity index (χ4n) is 2.06. The number of hydrogen-bond acceptors (Lipinski definition) is 9. The number of fused-ring (bicyclic) bond motifs is 1. The van der Waals surface area contributed by atoms with Gasteiger partial charge in [0.2, 0.25) is 16.0 Å². The minimum atomic E-state index is -0.169. The molecule has 3 heterocycles. The SMILES string of the molecule is CCCCc1nn2c(=O)cc(CSc3nnc(NC(=O)CC)s3)nc2s1. The molecule has 0 saturated carbocycles. The molecule has 3 aromatic rings. The Morgan fingerprint density at radius 1 is 1.31 bits per heavy atom. The fraction of sp³-hybridized carbons (Fsp3) is 0.467. The largest absolute Gasteiger partial charge is 0.301 e. The van der Waals surface area contributed by atoms with Crippen LogP contribution in [0, 0.1) is 0 Å². The molecular formula is C15H18N6O2S3. The highest BCUT2D eigenvalue weighted by Crippen LogP contribution is 2.28. The topological polar surface area (TPSA) is 102 Å². The van der Waals surface area contributed by atoms with Gasteiger partial charge in [-0.3, -0.25) is 9.59 Å². The van der Waals surface area contributed by atoms with Crippen LogP contribution in [0.15, 0.2) is 15.2 Å². The average molecular weight is 411 g/mol. The molecule has 0 atom stereocenters. The summed E-state index contributed by atoms with van der Waals surface area (Å²) in [6.07, 6.45) is 3.39. The zero-order valence-corrected chi connectivity index (χ0v) is 16.8. The van der Waals surface area contributed by atoms with Gasteiger partial charge in [-0.25, -0.2) is 4.98 Å². The van der Waals surface area contributed by atoms with Crippen molar-refractivity contribution in [1.29, 1.82) is 0 Å². The number of nitrogens with zero attached hydrogens (tertiary/aromatic N) is 5. The number of hydrogen-bond donors (Lipinski definition) is 1. The zero-order chi connectivity index (χ0) is 18.5. The van der Waals surface area contributed by atoms with Crippen molar-refractivity contribution in [3.05, 3.63) is 27.1 Å². The smallest absolute Gasteiger partial charge is 0.275 e. The van der Waals surface area contributed by atoms with Gasteiger partial charge in [-0.2, -0.15) is 9.61 Å². The number of aryl methyl sites for hydroxylation is 1. The molecule has 0 fully saturated rings. The molecule has 0 bridgehead atoms. The van der Waals surface area contributed by atoms with Crippen LogP contribution in [0.1, 0.15) is 43.8 Å². The third kappa shape index (κ3) is 4.65. The Morgan fingerprint density at radius 2 is 2.15 bits per heavy atom. The Labute approximate surface area is 162 Å². The van der Waals surface area contributed by atoms with Gasteiger partial charge in [-0.1, -0.05) is 54.7 Å². The van der Waals surface area contributed by atoms with E-state index in [1.54, 1.807) is 6.92 Å². The van der Waals surface area contributed by atoms with Crippen LogP contribution in [-0.4, -0.2) is 30.7 Å². The number of thioether (sulfide) groups is 1. The summed E-state index contributed by atoms with van der Waals surface area (Å²) in [5.74, 6) is 0.409. The molecule has 0 aromatic carbocycles. The van der Waals surface area contributed by atoms with Crippen molar-refractivity contribution in [2.24, 2.45) is 0 Å². The van der Waals surface area contributed by atoms with E-state index in [2.05, 4.69) is 32.5 Å². The average Bonchev–Trinajstić information content (AvgIpc) is 3.24. The van der Waals surface area contributed by atoms with Gasteiger partial charge in [0.05, 0.1) is 5.69 Å². The van der Waals surface area contributed by atoms with Crippen LogP contribution in [0.3, 0.4) is 0 Å². The summed E-state index contributed by atoms with van der Waals surface area (Å²) in [5.41, 5.74) is 0.512. The van der Waals surface area contributed by atoms with Crippen molar-refractivity contribution in [3.63, 3.8) is 0 Å². The van der Waals surface area contributed by atoms with Gasteiger partial charge < -0.3 is 5.32 Å². The molecule has 0 aliphatic carbocycles. The molecule has 1 amide bonds.